The SMILES string of the molecule is CP(C)C[CH-]C(C)(C)C.[C-]1=CC=CC1.[Cl-].[Cl-].[Cl-].[V]. The first-order chi connectivity index (χ1) is 6.42. The van der Waals surface area contributed by atoms with Crippen LogP contribution in [0.25, 0.3) is 0 Å². The molecule has 0 amide bonds. The molecule has 1 aliphatic rings. The molecule has 0 saturated carbocycles. The molecule has 0 heterocycles. The molecule has 0 aromatic rings. The van der Waals surface area contributed by atoms with Gasteiger partial charge in [-0.2, -0.15) is 17.7 Å². The fraction of sp³-hybridized carbons (Fsp3) is 0.615. The minimum absolute atomic E-state index is 0. The first-order valence-corrected chi connectivity index (χ1v) is 7.55. The van der Waals surface area contributed by atoms with Gasteiger partial charge in [0.25, 0.3) is 0 Å². The van der Waals surface area contributed by atoms with Gasteiger partial charge in [0.2, 0.25) is 0 Å². The topological polar surface area (TPSA) is 0 Å². The predicted octanol–water partition coefficient (Wildman–Crippen LogP) is -4.71. The van der Waals surface area contributed by atoms with Crippen molar-refractivity contribution in [3.8, 4) is 0 Å². The Morgan fingerprint density at radius 1 is 1.17 bits per heavy atom. The molecule has 1 rings (SSSR count). The van der Waals surface area contributed by atoms with Crippen LogP contribution in [0.15, 0.2) is 18.2 Å². The van der Waals surface area contributed by atoms with Crippen LogP contribution in [-0.2, 0) is 18.6 Å². The van der Waals surface area contributed by atoms with Gasteiger partial charge in [0.1, 0.15) is 0 Å². The second-order valence-electron chi connectivity index (χ2n) is 4.84. The van der Waals surface area contributed by atoms with E-state index >= 15 is 0 Å². The third kappa shape index (κ3) is 30.4. The second-order valence-corrected chi connectivity index (χ2v) is 7.36. The summed E-state index contributed by atoms with van der Waals surface area (Å²) in [5.74, 6) is 0. The minimum Gasteiger partial charge on any atom is -1.00 e. The Morgan fingerprint density at radius 3 is 1.78 bits per heavy atom. The summed E-state index contributed by atoms with van der Waals surface area (Å²) < 4.78 is 0. The van der Waals surface area contributed by atoms with Crippen LogP contribution in [0.3, 0.4) is 0 Å². The first kappa shape index (κ1) is 31.7. The third-order valence-electron chi connectivity index (χ3n) is 1.65. The summed E-state index contributed by atoms with van der Waals surface area (Å²) >= 11 is 0. The maximum absolute atomic E-state index is 2.99. The third-order valence-corrected chi connectivity index (χ3v) is 2.57. The minimum atomic E-state index is 0. The molecule has 0 fully saturated rings. The van der Waals surface area contributed by atoms with E-state index in [4.69, 9.17) is 0 Å². The fourth-order valence-electron chi connectivity index (χ4n) is 0.797. The Hall–Kier alpha value is 1.36. The van der Waals surface area contributed by atoms with Gasteiger partial charge >= 0.3 is 0 Å². The number of allylic oxidation sites excluding steroid dienone is 4. The number of hydrogen-bond acceptors (Lipinski definition) is 0. The standard InChI is InChI=1S/C8H18P.C5H5.3ClH.V/c1-8(2,3)6-7-9(4)5;1-2-4-5-3-1;;;;/h6H,7H2,1-5H3;1-3H,4H2;3*1H;/q2*-1;;;;/p-3. The summed E-state index contributed by atoms with van der Waals surface area (Å²) in [7, 11) is 0.280. The van der Waals surface area contributed by atoms with Crippen LogP contribution in [0.1, 0.15) is 27.2 Å². The Morgan fingerprint density at radius 2 is 1.67 bits per heavy atom. The van der Waals surface area contributed by atoms with E-state index < -0.39 is 0 Å². The molecule has 0 bridgehead atoms. The van der Waals surface area contributed by atoms with Gasteiger partial charge in [-0.1, -0.05) is 20.8 Å². The van der Waals surface area contributed by atoms with Crippen molar-refractivity contribution in [2.24, 2.45) is 5.41 Å². The van der Waals surface area contributed by atoms with Crippen LogP contribution in [0.2, 0.25) is 0 Å². The van der Waals surface area contributed by atoms with Gasteiger partial charge in [0.05, 0.1) is 0 Å². The molecule has 18 heavy (non-hydrogen) atoms. The van der Waals surface area contributed by atoms with E-state index in [2.05, 4.69) is 52.7 Å². The van der Waals surface area contributed by atoms with Crippen molar-refractivity contribution in [1.82, 2.24) is 0 Å². The maximum Gasteiger partial charge on any atom is 0 e. The van der Waals surface area contributed by atoms with E-state index in [0.29, 0.717) is 5.41 Å². The molecular formula is C13H23Cl3PV-5. The summed E-state index contributed by atoms with van der Waals surface area (Å²) in [6, 6.07) is 0. The van der Waals surface area contributed by atoms with Gasteiger partial charge in [-0.05, 0) is 13.3 Å². The second kappa shape index (κ2) is 18.4. The number of rotatable bonds is 2. The van der Waals surface area contributed by atoms with Crippen molar-refractivity contribution in [2.75, 3.05) is 19.5 Å². The van der Waals surface area contributed by atoms with Crippen molar-refractivity contribution in [3.63, 3.8) is 0 Å². The fourth-order valence-corrected chi connectivity index (χ4v) is 1.71. The molecule has 0 aromatic carbocycles. The molecule has 0 atom stereocenters. The average molecular weight is 368 g/mol. The number of hydrogen-bond donors (Lipinski definition) is 0. The average Bonchev–Trinajstić information content (AvgIpc) is 2.56. The van der Waals surface area contributed by atoms with Crippen molar-refractivity contribution >= 4 is 7.92 Å². The van der Waals surface area contributed by atoms with Gasteiger partial charge < -0.3 is 43.6 Å². The predicted molar refractivity (Wildman–Crippen MR) is 69.0 cm³/mol. The summed E-state index contributed by atoms with van der Waals surface area (Å²) in [4.78, 5) is 0. The van der Waals surface area contributed by atoms with Gasteiger partial charge in [-0.25, -0.2) is 12.2 Å². The van der Waals surface area contributed by atoms with Crippen molar-refractivity contribution < 1.29 is 55.8 Å². The summed E-state index contributed by atoms with van der Waals surface area (Å²) in [5.41, 5.74) is 0.423. The largest absolute Gasteiger partial charge is 1.00 e. The van der Waals surface area contributed by atoms with E-state index in [9.17, 15) is 0 Å². The summed E-state index contributed by atoms with van der Waals surface area (Å²) in [6.45, 7) is 11.4. The van der Waals surface area contributed by atoms with Crippen molar-refractivity contribution in [2.45, 2.75) is 27.2 Å². The Balaban J connectivity index is -0.0000000552. The van der Waals surface area contributed by atoms with E-state index in [1.165, 1.54) is 6.16 Å². The molecule has 111 valence electrons. The van der Waals surface area contributed by atoms with Gasteiger partial charge in [-0.15, -0.1) is 14.3 Å². The molecule has 1 aliphatic carbocycles. The zero-order chi connectivity index (χ0) is 11.0. The monoisotopic (exact) mass is 366 g/mol. The van der Waals surface area contributed by atoms with Crippen LogP contribution < -0.4 is 37.2 Å². The molecule has 0 nitrogen and oxygen atoms in total. The van der Waals surface area contributed by atoms with Crippen molar-refractivity contribution in [3.05, 3.63) is 30.7 Å². The molecule has 5 heteroatoms. The van der Waals surface area contributed by atoms with Crippen LogP contribution in [0, 0.1) is 17.9 Å². The van der Waals surface area contributed by atoms with Gasteiger partial charge in [-0.3, -0.25) is 6.08 Å². The quantitative estimate of drug-likeness (QED) is 0.340. The van der Waals surface area contributed by atoms with E-state index in [1.54, 1.807) is 0 Å². The Labute approximate surface area is 146 Å². The zero-order valence-electron chi connectivity index (χ0n) is 11.8. The molecule has 0 spiro atoms. The van der Waals surface area contributed by atoms with E-state index in [0.717, 1.165) is 6.42 Å². The molecule has 0 unspecified atom stereocenters. The van der Waals surface area contributed by atoms with Gasteiger partial charge in [0.15, 0.2) is 0 Å². The summed E-state index contributed by atoms with van der Waals surface area (Å²) in [5, 5.41) is 0. The van der Waals surface area contributed by atoms with Crippen LogP contribution >= 0.6 is 7.92 Å². The molecule has 1 radical (unpaired) electrons. The maximum atomic E-state index is 2.99. The zero-order valence-corrected chi connectivity index (χ0v) is 16.3. The Bertz CT molecular complexity index is 189. The van der Waals surface area contributed by atoms with E-state index in [-0.39, 0.29) is 63.7 Å². The van der Waals surface area contributed by atoms with E-state index in [1.807, 2.05) is 12.2 Å². The number of halogens is 3. The smallest absolute Gasteiger partial charge is 0 e. The van der Waals surface area contributed by atoms with Crippen molar-refractivity contribution in [1.29, 1.82) is 0 Å². The normalized spacial score (nSPS) is 11.2. The van der Waals surface area contributed by atoms with Crippen LogP contribution in [-0.4, -0.2) is 19.5 Å². The molecule has 0 aliphatic heterocycles. The van der Waals surface area contributed by atoms with Gasteiger partial charge in [0, 0.05) is 18.6 Å². The first-order valence-electron chi connectivity index (χ1n) is 5.12. The van der Waals surface area contributed by atoms with Crippen LogP contribution in [0.5, 0.6) is 0 Å². The molecule has 0 saturated heterocycles. The molecular weight excluding hydrogens is 344 g/mol. The van der Waals surface area contributed by atoms with Crippen LogP contribution in [0.4, 0.5) is 0 Å². The molecule has 0 aromatic heterocycles. The Kier molecular flexibility index (Phi) is 32.3. The summed E-state index contributed by atoms with van der Waals surface area (Å²) in [6.07, 6.45) is 13.7. The molecule has 0 N–H and O–H groups in total.